The predicted octanol–water partition coefficient (Wildman–Crippen LogP) is 4.28. The van der Waals surface area contributed by atoms with Crippen LogP contribution in [-0.4, -0.2) is 15.0 Å². The summed E-state index contributed by atoms with van der Waals surface area (Å²) in [6.45, 7) is 0. The second kappa shape index (κ2) is 6.04. The highest BCUT2D eigenvalue weighted by Gasteiger charge is 2.26. The molecule has 2 aromatic heterocycles. The first kappa shape index (κ1) is 13.7. The largest absolute Gasteiger partial charge is 0.439 e. The molecule has 0 saturated heterocycles. The van der Waals surface area contributed by atoms with Gasteiger partial charge >= 0.3 is 0 Å². The molecule has 1 aliphatic rings. The van der Waals surface area contributed by atoms with Gasteiger partial charge in [-0.3, -0.25) is 0 Å². The number of benzene rings is 1. The van der Waals surface area contributed by atoms with Crippen LogP contribution in [0.2, 0.25) is 0 Å². The van der Waals surface area contributed by atoms with Gasteiger partial charge in [-0.25, -0.2) is 15.0 Å². The van der Waals surface area contributed by atoms with Crippen LogP contribution in [0.3, 0.4) is 0 Å². The topological polar surface area (TPSA) is 59.9 Å². The summed E-state index contributed by atoms with van der Waals surface area (Å²) < 4.78 is 5.74. The first-order valence-corrected chi connectivity index (χ1v) is 7.66. The maximum atomic E-state index is 5.74. The van der Waals surface area contributed by atoms with Crippen molar-refractivity contribution in [1.29, 1.82) is 0 Å². The molecule has 1 fully saturated rings. The number of aromatic nitrogens is 3. The average molecular weight is 304 g/mol. The number of rotatable bonds is 5. The van der Waals surface area contributed by atoms with Crippen molar-refractivity contribution >= 4 is 11.5 Å². The second-order valence-corrected chi connectivity index (χ2v) is 5.50. The molecule has 0 amide bonds. The van der Waals surface area contributed by atoms with Crippen LogP contribution in [0.15, 0.2) is 60.9 Å². The van der Waals surface area contributed by atoms with Gasteiger partial charge in [0, 0.05) is 36.1 Å². The zero-order chi connectivity index (χ0) is 15.5. The van der Waals surface area contributed by atoms with Gasteiger partial charge in [0.1, 0.15) is 17.4 Å². The summed E-state index contributed by atoms with van der Waals surface area (Å²) >= 11 is 0. The molecule has 0 atom stereocenters. The molecule has 2 heterocycles. The third kappa shape index (κ3) is 3.45. The number of hydrogen-bond acceptors (Lipinski definition) is 5. The minimum absolute atomic E-state index is 0.538. The minimum Gasteiger partial charge on any atom is -0.439 e. The van der Waals surface area contributed by atoms with E-state index in [1.807, 2.05) is 48.5 Å². The van der Waals surface area contributed by atoms with Crippen molar-refractivity contribution in [3.05, 3.63) is 66.7 Å². The van der Waals surface area contributed by atoms with E-state index in [9.17, 15) is 0 Å². The third-order valence-electron chi connectivity index (χ3n) is 3.58. The van der Waals surface area contributed by atoms with Crippen LogP contribution >= 0.6 is 0 Å². The number of anilines is 2. The highest BCUT2D eigenvalue weighted by molar-refractivity contribution is 5.58. The van der Waals surface area contributed by atoms with Crippen molar-refractivity contribution in [1.82, 2.24) is 15.0 Å². The van der Waals surface area contributed by atoms with Gasteiger partial charge in [0.2, 0.25) is 5.88 Å². The first-order valence-electron chi connectivity index (χ1n) is 7.66. The Balaban J connectivity index is 1.51. The summed E-state index contributed by atoms with van der Waals surface area (Å²) in [4.78, 5) is 13.1. The Hall–Kier alpha value is -2.95. The Morgan fingerprint density at radius 1 is 0.957 bits per heavy atom. The number of nitrogens with zero attached hydrogens (tertiary/aromatic N) is 3. The summed E-state index contributed by atoms with van der Waals surface area (Å²) in [7, 11) is 0. The first-order chi connectivity index (χ1) is 11.4. The Morgan fingerprint density at radius 2 is 1.91 bits per heavy atom. The van der Waals surface area contributed by atoms with E-state index in [4.69, 9.17) is 4.74 Å². The summed E-state index contributed by atoms with van der Waals surface area (Å²) in [5.74, 6) is 3.57. The SMILES string of the molecule is c1ccc(Oc2cccc(Nc3ccnc(C4CC4)n3)c2)nc1. The number of pyridine rings is 1. The fourth-order valence-electron chi connectivity index (χ4n) is 2.30. The normalized spacial score (nSPS) is 13.6. The van der Waals surface area contributed by atoms with Gasteiger partial charge in [-0.2, -0.15) is 0 Å². The van der Waals surface area contributed by atoms with Crippen LogP contribution in [0.4, 0.5) is 11.5 Å². The van der Waals surface area contributed by atoms with Crippen molar-refractivity contribution in [3.8, 4) is 11.6 Å². The van der Waals surface area contributed by atoms with E-state index in [-0.39, 0.29) is 0 Å². The molecule has 5 heteroatoms. The van der Waals surface area contributed by atoms with Gasteiger partial charge in [-0.05, 0) is 37.1 Å². The van der Waals surface area contributed by atoms with Gasteiger partial charge in [-0.15, -0.1) is 0 Å². The van der Waals surface area contributed by atoms with E-state index < -0.39 is 0 Å². The fourth-order valence-corrected chi connectivity index (χ4v) is 2.30. The van der Waals surface area contributed by atoms with Crippen molar-refractivity contribution in [2.24, 2.45) is 0 Å². The molecule has 0 aliphatic heterocycles. The lowest BCUT2D eigenvalue weighted by atomic mass is 10.3. The van der Waals surface area contributed by atoms with Crippen molar-refractivity contribution in [3.63, 3.8) is 0 Å². The number of nitrogens with one attached hydrogen (secondary N) is 1. The summed E-state index contributed by atoms with van der Waals surface area (Å²) in [5, 5.41) is 3.30. The maximum absolute atomic E-state index is 5.74. The monoisotopic (exact) mass is 304 g/mol. The molecule has 114 valence electrons. The molecule has 1 aliphatic carbocycles. The quantitative estimate of drug-likeness (QED) is 0.762. The van der Waals surface area contributed by atoms with Crippen molar-refractivity contribution in [2.45, 2.75) is 18.8 Å². The van der Waals surface area contributed by atoms with Gasteiger partial charge in [0.15, 0.2) is 0 Å². The molecule has 5 nitrogen and oxygen atoms in total. The summed E-state index contributed by atoms with van der Waals surface area (Å²) in [6.07, 6.45) is 5.89. The number of ether oxygens (including phenoxy) is 1. The molecule has 0 bridgehead atoms. The van der Waals surface area contributed by atoms with Crippen molar-refractivity contribution in [2.75, 3.05) is 5.32 Å². The minimum atomic E-state index is 0.538. The summed E-state index contributed by atoms with van der Waals surface area (Å²) in [6, 6.07) is 15.2. The average Bonchev–Trinajstić information content (AvgIpc) is 3.41. The molecule has 3 aromatic rings. The van der Waals surface area contributed by atoms with Crippen LogP contribution in [0, 0.1) is 0 Å². The second-order valence-electron chi connectivity index (χ2n) is 5.50. The molecule has 4 rings (SSSR count). The molecule has 0 unspecified atom stereocenters. The Morgan fingerprint density at radius 3 is 2.74 bits per heavy atom. The van der Waals surface area contributed by atoms with E-state index in [0.29, 0.717) is 11.8 Å². The van der Waals surface area contributed by atoms with Gasteiger partial charge < -0.3 is 10.1 Å². The molecular formula is C18H16N4O. The lowest BCUT2D eigenvalue weighted by Gasteiger charge is -2.09. The fraction of sp³-hybridized carbons (Fsp3) is 0.167. The molecule has 0 radical (unpaired) electrons. The number of hydrogen-bond donors (Lipinski definition) is 1. The lowest BCUT2D eigenvalue weighted by molar-refractivity contribution is 0.463. The third-order valence-corrected chi connectivity index (χ3v) is 3.58. The molecular weight excluding hydrogens is 288 g/mol. The maximum Gasteiger partial charge on any atom is 0.219 e. The van der Waals surface area contributed by atoms with Crippen LogP contribution < -0.4 is 10.1 Å². The lowest BCUT2D eigenvalue weighted by Crippen LogP contribution is -1.98. The van der Waals surface area contributed by atoms with E-state index in [0.717, 1.165) is 23.1 Å². The van der Waals surface area contributed by atoms with Crippen LogP contribution in [0.1, 0.15) is 24.6 Å². The van der Waals surface area contributed by atoms with Crippen LogP contribution in [-0.2, 0) is 0 Å². The molecule has 1 saturated carbocycles. The highest BCUT2D eigenvalue weighted by Crippen LogP contribution is 2.38. The molecule has 23 heavy (non-hydrogen) atoms. The zero-order valence-corrected chi connectivity index (χ0v) is 12.5. The van der Waals surface area contributed by atoms with Gasteiger partial charge in [0.25, 0.3) is 0 Å². The van der Waals surface area contributed by atoms with Crippen LogP contribution in [0.5, 0.6) is 11.6 Å². The van der Waals surface area contributed by atoms with Gasteiger partial charge in [0.05, 0.1) is 0 Å². The Labute approximate surface area is 134 Å². The van der Waals surface area contributed by atoms with E-state index in [1.165, 1.54) is 12.8 Å². The Kier molecular flexibility index (Phi) is 3.60. The van der Waals surface area contributed by atoms with Gasteiger partial charge in [-0.1, -0.05) is 12.1 Å². The Bertz CT molecular complexity index is 803. The summed E-state index contributed by atoms with van der Waals surface area (Å²) in [5.41, 5.74) is 0.916. The molecule has 1 aromatic carbocycles. The van der Waals surface area contributed by atoms with E-state index >= 15 is 0 Å². The van der Waals surface area contributed by atoms with E-state index in [2.05, 4.69) is 20.3 Å². The van der Waals surface area contributed by atoms with E-state index in [1.54, 1.807) is 12.4 Å². The smallest absolute Gasteiger partial charge is 0.219 e. The zero-order valence-electron chi connectivity index (χ0n) is 12.5. The highest BCUT2D eigenvalue weighted by atomic mass is 16.5. The standard InChI is InChI=1S/C18H16N4O/c1-2-10-19-17(6-1)23-15-5-3-4-14(12-15)21-16-9-11-20-18(22-16)13-7-8-13/h1-6,9-13H,7-8H2,(H,20,21,22). The van der Waals surface area contributed by atoms with Crippen molar-refractivity contribution < 1.29 is 4.74 Å². The molecule has 1 N–H and O–H groups in total. The molecule has 0 spiro atoms. The van der Waals surface area contributed by atoms with Crippen LogP contribution in [0.25, 0.3) is 0 Å². The predicted molar refractivity (Wildman–Crippen MR) is 88.0 cm³/mol.